The number of esters is 1. The van der Waals surface area contributed by atoms with Crippen molar-refractivity contribution >= 4 is 32.4 Å². The van der Waals surface area contributed by atoms with Crippen molar-refractivity contribution in [1.82, 2.24) is 9.80 Å². The fraction of sp³-hybridized carbons (Fsp3) is 0.636. The Morgan fingerprint density at radius 3 is 2.02 bits per heavy atom. The number of amides is 2. The van der Waals surface area contributed by atoms with Crippen LogP contribution in [0.3, 0.4) is 0 Å². The highest BCUT2D eigenvalue weighted by Crippen LogP contribution is 2.42. The van der Waals surface area contributed by atoms with Crippen LogP contribution in [0.4, 0.5) is 9.59 Å². The number of hydrogen-bond acceptors (Lipinski definition) is 7. The van der Waals surface area contributed by atoms with E-state index in [1.165, 1.54) is 32.6 Å². The molecule has 0 bridgehead atoms. The van der Waals surface area contributed by atoms with Gasteiger partial charge in [-0.3, -0.25) is 4.79 Å². The van der Waals surface area contributed by atoms with Crippen molar-refractivity contribution in [1.29, 1.82) is 0 Å². The first-order valence-corrected chi connectivity index (χ1v) is 23.5. The van der Waals surface area contributed by atoms with Crippen LogP contribution in [0.25, 0.3) is 0 Å². The molecule has 2 fully saturated rings. The zero-order valence-electron chi connectivity index (χ0n) is 34.8. The molecule has 0 aromatic heterocycles. The van der Waals surface area contributed by atoms with Gasteiger partial charge in [0.1, 0.15) is 19.3 Å². The van der Waals surface area contributed by atoms with Crippen molar-refractivity contribution in [2.75, 3.05) is 6.61 Å². The zero-order valence-corrected chi connectivity index (χ0v) is 35.8. The van der Waals surface area contributed by atoms with E-state index >= 15 is 0 Å². The van der Waals surface area contributed by atoms with Gasteiger partial charge in [-0.25, -0.2) is 14.5 Å². The number of benzene rings is 2. The third kappa shape index (κ3) is 12.9. The maximum atomic E-state index is 14.4. The molecule has 5 atom stereocenters. The molecule has 0 radical (unpaired) electrons. The van der Waals surface area contributed by atoms with E-state index in [9.17, 15) is 14.4 Å². The van der Waals surface area contributed by atoms with Crippen LogP contribution in [0, 0.1) is 5.92 Å². The molecule has 10 nitrogen and oxygen atoms in total. The second-order valence-electron chi connectivity index (χ2n) is 16.9. The van der Waals surface area contributed by atoms with Crippen LogP contribution in [0.15, 0.2) is 65.7 Å². The summed E-state index contributed by atoms with van der Waals surface area (Å²) in [7, 11) is -2.20. The monoisotopic (exact) mass is 777 g/mol. The van der Waals surface area contributed by atoms with E-state index in [1.54, 1.807) is 4.90 Å². The molecule has 304 valence electrons. The van der Waals surface area contributed by atoms with Gasteiger partial charge in [-0.2, -0.15) is 0 Å². The molecular weight excluding hydrogens is 711 g/mol. The Labute approximate surface area is 331 Å². The summed E-state index contributed by atoms with van der Waals surface area (Å²) >= 11 is 0. The lowest BCUT2D eigenvalue weighted by molar-refractivity contribution is -0.149. The Hall–Kier alpha value is -3.70. The van der Waals surface area contributed by atoms with Gasteiger partial charge in [0.25, 0.3) is 0 Å². The quantitative estimate of drug-likeness (QED) is 0.0637. The van der Waals surface area contributed by atoms with Gasteiger partial charge in [0, 0.05) is 37.6 Å². The first-order valence-electron chi connectivity index (χ1n) is 20.6. The van der Waals surface area contributed by atoms with Gasteiger partial charge in [-0.1, -0.05) is 133 Å². The van der Waals surface area contributed by atoms with E-state index in [0.717, 1.165) is 49.7 Å². The fourth-order valence-electron chi connectivity index (χ4n) is 7.56. The molecule has 0 spiro atoms. The number of carbonyl (C=O) groups is 3. The summed E-state index contributed by atoms with van der Waals surface area (Å²) in [4.78, 5) is 48.9. The third-order valence-electron chi connectivity index (χ3n) is 11.7. The SMILES string of the molecule is CCCCCCCCC[C@@H]1C[C@@H]2CC[C@@H]([C@@H](CO[Si](C)(C)C(C)(C)C)[C@H](C)OC(C)=O)N2/C(=N\C(=O)OCc2ccccc2)N1C(=O)OCc1ccccc1. The number of aliphatic imine (C=N–C) groups is 1. The molecule has 0 N–H and O–H groups in total. The second-order valence-corrected chi connectivity index (χ2v) is 21.7. The number of ether oxygens (including phenoxy) is 3. The minimum Gasteiger partial charge on any atom is -0.462 e. The molecule has 2 aliphatic heterocycles. The molecule has 4 rings (SSSR count). The van der Waals surface area contributed by atoms with Crippen LogP contribution in [0.5, 0.6) is 0 Å². The minimum atomic E-state index is -2.20. The number of fused-ring (bicyclic) bond motifs is 1. The van der Waals surface area contributed by atoms with Gasteiger partial charge < -0.3 is 23.5 Å². The van der Waals surface area contributed by atoms with Crippen molar-refractivity contribution in [3.63, 3.8) is 0 Å². The highest BCUT2D eigenvalue weighted by molar-refractivity contribution is 6.74. The summed E-state index contributed by atoms with van der Waals surface area (Å²) in [5, 5.41) is -0.0246. The van der Waals surface area contributed by atoms with Gasteiger partial charge in [-0.15, -0.1) is 4.99 Å². The lowest BCUT2D eigenvalue weighted by Gasteiger charge is -2.48. The van der Waals surface area contributed by atoms with E-state index < -0.39 is 26.6 Å². The minimum absolute atomic E-state index is 0.0123. The molecule has 2 amide bonds. The van der Waals surface area contributed by atoms with E-state index in [0.29, 0.717) is 13.0 Å². The second kappa shape index (κ2) is 21.0. The summed E-state index contributed by atoms with van der Waals surface area (Å²) in [6.45, 7) is 17.1. The summed E-state index contributed by atoms with van der Waals surface area (Å²) in [5.41, 5.74) is 1.71. The average molecular weight is 778 g/mol. The molecule has 55 heavy (non-hydrogen) atoms. The smallest absolute Gasteiger partial charge is 0.437 e. The molecule has 2 aliphatic rings. The van der Waals surface area contributed by atoms with Gasteiger partial charge >= 0.3 is 18.2 Å². The summed E-state index contributed by atoms with van der Waals surface area (Å²) in [5.74, 6) is -0.372. The van der Waals surface area contributed by atoms with Crippen LogP contribution in [0.1, 0.15) is 123 Å². The highest BCUT2D eigenvalue weighted by Gasteiger charge is 2.51. The maximum absolute atomic E-state index is 14.4. The predicted octanol–water partition coefficient (Wildman–Crippen LogP) is 10.7. The normalized spacial score (nSPS) is 20.5. The van der Waals surface area contributed by atoms with Crippen LogP contribution in [0.2, 0.25) is 18.1 Å². The number of unbranched alkanes of at least 4 members (excludes halogenated alkanes) is 6. The topological polar surface area (TPSA) is 107 Å². The van der Waals surface area contributed by atoms with E-state index in [2.05, 4.69) is 50.7 Å². The number of guanidine groups is 1. The summed E-state index contributed by atoms with van der Waals surface area (Å²) < 4.78 is 24.4. The molecule has 11 heteroatoms. The summed E-state index contributed by atoms with van der Waals surface area (Å²) in [6.07, 6.45) is 9.36. The molecule has 2 aromatic rings. The van der Waals surface area contributed by atoms with E-state index in [1.807, 2.05) is 67.6 Å². The average Bonchev–Trinajstić information content (AvgIpc) is 3.56. The first-order chi connectivity index (χ1) is 26.2. The Morgan fingerprint density at radius 2 is 1.44 bits per heavy atom. The lowest BCUT2D eigenvalue weighted by atomic mass is 9.93. The lowest BCUT2D eigenvalue weighted by Crippen LogP contribution is -2.63. The van der Waals surface area contributed by atoms with Crippen molar-refractivity contribution in [3.8, 4) is 0 Å². The van der Waals surface area contributed by atoms with Crippen LogP contribution in [-0.2, 0) is 36.6 Å². The Bertz CT molecular complexity index is 1530. The largest absolute Gasteiger partial charge is 0.462 e. The zero-order chi connectivity index (χ0) is 40.0. The van der Waals surface area contributed by atoms with Gasteiger partial charge in [0.2, 0.25) is 5.96 Å². The molecule has 0 unspecified atom stereocenters. The number of carbonyl (C=O) groups excluding carboxylic acids is 3. The van der Waals surface area contributed by atoms with Crippen molar-refractivity contribution < 1.29 is 33.0 Å². The fourth-order valence-corrected chi connectivity index (χ4v) is 8.60. The predicted molar refractivity (Wildman–Crippen MR) is 220 cm³/mol. The summed E-state index contributed by atoms with van der Waals surface area (Å²) in [6, 6.07) is 18.7. The molecule has 2 heterocycles. The van der Waals surface area contributed by atoms with Crippen LogP contribution >= 0.6 is 0 Å². The van der Waals surface area contributed by atoms with Crippen LogP contribution in [-0.4, -0.2) is 73.1 Å². The third-order valence-corrected chi connectivity index (χ3v) is 16.2. The molecule has 2 aromatic carbocycles. The Kier molecular flexibility index (Phi) is 16.8. The van der Waals surface area contributed by atoms with Gasteiger partial charge in [0.05, 0.1) is 0 Å². The van der Waals surface area contributed by atoms with E-state index in [4.69, 9.17) is 18.6 Å². The Balaban J connectivity index is 1.72. The van der Waals surface area contributed by atoms with E-state index in [-0.39, 0.29) is 54.2 Å². The van der Waals surface area contributed by atoms with Gasteiger partial charge in [0.15, 0.2) is 8.32 Å². The van der Waals surface area contributed by atoms with Crippen molar-refractivity contribution in [3.05, 3.63) is 71.8 Å². The Morgan fingerprint density at radius 1 is 0.855 bits per heavy atom. The van der Waals surface area contributed by atoms with Crippen molar-refractivity contribution in [2.24, 2.45) is 10.9 Å². The molecule has 0 aliphatic carbocycles. The first kappa shape index (κ1) is 44.0. The number of nitrogens with zero attached hydrogens (tertiary/aromatic N) is 3. The molecule has 2 saturated heterocycles. The van der Waals surface area contributed by atoms with Crippen LogP contribution < -0.4 is 0 Å². The standard InChI is InChI=1S/C44H67N3O7Si/c1-9-10-11-12-13-14-21-26-37-29-38-27-28-40(39(33(2)54-34(3)48)32-53-55(7,8)44(4,5)6)46(38)41(45-42(49)51-30-35-22-17-15-18-23-35)47(37)43(50)52-31-36-24-19-16-20-25-36/h15-20,22-25,33,37-40H,9-14,21,26-32H2,1-8H3/b45-41+/t33-,37+,38-,39-,40-/m0/s1. The molecule has 0 saturated carbocycles. The van der Waals surface area contributed by atoms with Crippen molar-refractivity contribution in [2.45, 2.75) is 168 Å². The maximum Gasteiger partial charge on any atom is 0.437 e. The number of rotatable bonds is 18. The highest BCUT2D eigenvalue weighted by atomic mass is 28.4. The molecular formula is C44H67N3O7Si. The van der Waals surface area contributed by atoms with Gasteiger partial charge in [-0.05, 0) is 61.9 Å². The number of hydrogen-bond donors (Lipinski definition) is 0.